The first-order valence-corrected chi connectivity index (χ1v) is 10.3. The number of alkyl halides is 3. The van der Waals surface area contributed by atoms with Gasteiger partial charge in [-0.15, -0.1) is 0 Å². The summed E-state index contributed by atoms with van der Waals surface area (Å²) < 4.78 is 60.7. The molecule has 2 aromatic rings. The zero-order chi connectivity index (χ0) is 24.8. The summed E-state index contributed by atoms with van der Waals surface area (Å²) in [5, 5.41) is 2.14. The van der Waals surface area contributed by atoms with Gasteiger partial charge in [0.2, 0.25) is 0 Å². The normalized spacial score (nSPS) is 20.2. The van der Waals surface area contributed by atoms with Gasteiger partial charge in [0.1, 0.15) is 5.82 Å². The highest BCUT2D eigenvalue weighted by molar-refractivity contribution is 7.81. The van der Waals surface area contributed by atoms with Crippen molar-refractivity contribution in [2.45, 2.75) is 18.1 Å². The van der Waals surface area contributed by atoms with Crippen molar-refractivity contribution in [2.75, 3.05) is 30.1 Å². The van der Waals surface area contributed by atoms with E-state index in [0.29, 0.717) is 6.07 Å². The molecule has 2 saturated heterocycles. The van der Waals surface area contributed by atoms with E-state index in [2.05, 4.69) is 10.2 Å². The second-order valence-corrected chi connectivity index (χ2v) is 8.01. The fourth-order valence-electron chi connectivity index (χ4n) is 4.11. The summed E-state index contributed by atoms with van der Waals surface area (Å²) in [6.45, 7) is 7.08. The number of hydrogen-bond acceptors (Lipinski definition) is 4. The maximum atomic E-state index is 14.7. The highest BCUT2D eigenvalue weighted by Crippen LogP contribution is 2.44. The average molecular weight is 492 g/mol. The van der Waals surface area contributed by atoms with Gasteiger partial charge in [-0.2, -0.15) is 13.2 Å². The smallest absolute Gasteiger partial charge is 0.378 e. The number of ether oxygens (including phenoxy) is 1. The summed E-state index contributed by atoms with van der Waals surface area (Å²) in [5.41, 5.74) is -3.46. The van der Waals surface area contributed by atoms with E-state index >= 15 is 0 Å². The molecule has 2 aliphatic rings. The van der Waals surface area contributed by atoms with Gasteiger partial charge in [-0.25, -0.2) is 9.24 Å². The Labute approximate surface area is 196 Å². The van der Waals surface area contributed by atoms with Gasteiger partial charge in [0.25, 0.3) is 11.8 Å². The Kier molecular flexibility index (Phi) is 5.79. The molecule has 2 aromatic carbocycles. The molecule has 0 aliphatic carbocycles. The van der Waals surface area contributed by atoms with Crippen molar-refractivity contribution in [1.82, 2.24) is 5.32 Å². The molecular weight excluding hydrogens is 476 g/mol. The Morgan fingerprint density at radius 1 is 1.24 bits per heavy atom. The molecule has 1 atom stereocenters. The fraction of sp³-hybridized carbons (Fsp3) is 0.273. The lowest BCUT2D eigenvalue weighted by atomic mass is 9.95. The van der Waals surface area contributed by atoms with Crippen LogP contribution in [0.25, 0.3) is 4.85 Å². The number of benzene rings is 2. The molecule has 0 aromatic heterocycles. The van der Waals surface area contributed by atoms with Gasteiger partial charge in [0, 0.05) is 31.5 Å². The van der Waals surface area contributed by atoms with Crippen molar-refractivity contribution in [3.8, 4) is 0 Å². The molecule has 1 N–H and O–H groups in total. The van der Waals surface area contributed by atoms with Crippen molar-refractivity contribution in [1.29, 1.82) is 0 Å². The zero-order valence-corrected chi connectivity index (χ0v) is 18.4. The molecule has 2 aliphatic heterocycles. The molecule has 0 radical (unpaired) electrons. The third-order valence-electron chi connectivity index (χ3n) is 5.76. The number of nitrogens with zero attached hydrogens (tertiary/aromatic N) is 3. The van der Waals surface area contributed by atoms with Crippen LogP contribution in [0.15, 0.2) is 36.4 Å². The average Bonchev–Trinajstić information content (AvgIpc) is 3.36. The molecule has 0 saturated carbocycles. The number of thiocarbonyl (C=S) groups is 1. The highest BCUT2D eigenvalue weighted by Gasteiger charge is 2.58. The minimum atomic E-state index is -4.83. The number of nitrogens with one attached hydrogen (secondary N) is 1. The first kappa shape index (κ1) is 23.6. The topological polar surface area (TPSA) is 66.2 Å². The molecule has 2 amide bonds. The van der Waals surface area contributed by atoms with E-state index < -0.39 is 40.6 Å². The number of halogens is 4. The number of hydrogen-bond donors (Lipinski definition) is 1. The standard InChI is InChI=1S/C22H16F4N4O3S/c1-27-17-6-4-12(9-15(17)22(24,25)26)29-19(32)21(7-8-33-11-21)30(20(29)34)13-3-5-14(16(23)10-13)18(31)28-2/h3-6,9-10H,7-8,11H2,2H3,(H,28,31)/t21-/m1/s1. The van der Waals surface area contributed by atoms with Gasteiger partial charge in [0.05, 0.1) is 24.3 Å². The largest absolute Gasteiger partial charge is 0.407 e. The van der Waals surface area contributed by atoms with Gasteiger partial charge in [0.15, 0.2) is 16.3 Å². The summed E-state index contributed by atoms with van der Waals surface area (Å²) in [6, 6.07) is 6.54. The number of amides is 2. The lowest BCUT2D eigenvalue weighted by molar-refractivity contribution is -0.136. The first-order chi connectivity index (χ1) is 16.0. The Morgan fingerprint density at radius 3 is 2.50 bits per heavy atom. The van der Waals surface area contributed by atoms with Crippen LogP contribution in [0.3, 0.4) is 0 Å². The summed E-state index contributed by atoms with van der Waals surface area (Å²) >= 11 is 5.49. The molecular formula is C22H16F4N4O3S. The van der Waals surface area contributed by atoms with Crippen LogP contribution in [0.1, 0.15) is 22.3 Å². The Hall–Kier alpha value is -3.56. The number of anilines is 2. The summed E-state index contributed by atoms with van der Waals surface area (Å²) in [6.07, 6.45) is -4.67. The van der Waals surface area contributed by atoms with Crippen LogP contribution in [0.2, 0.25) is 0 Å². The van der Waals surface area contributed by atoms with Crippen LogP contribution in [0, 0.1) is 12.4 Å². The predicted molar refractivity (Wildman–Crippen MR) is 118 cm³/mol. The van der Waals surface area contributed by atoms with Crippen molar-refractivity contribution in [3.05, 3.63) is 64.8 Å². The Bertz CT molecular complexity index is 1250. The van der Waals surface area contributed by atoms with Gasteiger partial charge in [-0.3, -0.25) is 14.5 Å². The van der Waals surface area contributed by atoms with Gasteiger partial charge >= 0.3 is 6.18 Å². The van der Waals surface area contributed by atoms with E-state index in [1.54, 1.807) is 0 Å². The third kappa shape index (κ3) is 3.57. The Morgan fingerprint density at radius 2 is 1.94 bits per heavy atom. The van der Waals surface area contributed by atoms with E-state index in [9.17, 15) is 27.2 Å². The molecule has 12 heteroatoms. The SMILES string of the molecule is [C-]#[N+]c1ccc(N2C(=O)[C@]3(CCOC3)N(c3ccc(C(=O)NC)c(F)c3)C2=S)cc1C(F)(F)F. The molecule has 176 valence electrons. The van der Waals surface area contributed by atoms with Crippen molar-refractivity contribution in [2.24, 2.45) is 0 Å². The van der Waals surface area contributed by atoms with E-state index in [-0.39, 0.29) is 41.7 Å². The molecule has 7 nitrogen and oxygen atoms in total. The maximum absolute atomic E-state index is 14.7. The van der Waals surface area contributed by atoms with Crippen molar-refractivity contribution >= 4 is 46.2 Å². The van der Waals surface area contributed by atoms with Gasteiger partial charge in [-0.1, -0.05) is 6.07 Å². The molecule has 1 spiro atoms. The number of rotatable bonds is 3. The van der Waals surface area contributed by atoms with Crippen LogP contribution in [0.4, 0.5) is 34.6 Å². The number of carbonyl (C=O) groups excluding carboxylic acids is 2. The fourth-order valence-corrected chi connectivity index (χ4v) is 4.58. The zero-order valence-electron chi connectivity index (χ0n) is 17.6. The quantitative estimate of drug-likeness (QED) is 0.398. The van der Waals surface area contributed by atoms with E-state index in [4.69, 9.17) is 23.5 Å². The second kappa shape index (κ2) is 8.34. The monoisotopic (exact) mass is 492 g/mol. The van der Waals surface area contributed by atoms with Crippen LogP contribution < -0.4 is 15.1 Å². The van der Waals surface area contributed by atoms with Crippen LogP contribution in [-0.2, 0) is 15.7 Å². The highest BCUT2D eigenvalue weighted by atomic mass is 32.1. The number of carbonyl (C=O) groups is 2. The maximum Gasteiger partial charge on any atom is 0.407 e. The van der Waals surface area contributed by atoms with Gasteiger partial charge in [-0.05, 0) is 42.5 Å². The lowest BCUT2D eigenvalue weighted by Gasteiger charge is -2.31. The van der Waals surface area contributed by atoms with Crippen LogP contribution in [0.5, 0.6) is 0 Å². The van der Waals surface area contributed by atoms with E-state index in [1.807, 2.05) is 0 Å². The Balaban J connectivity index is 1.83. The first-order valence-electron chi connectivity index (χ1n) is 9.92. The van der Waals surface area contributed by atoms with Crippen LogP contribution in [-0.4, -0.2) is 42.7 Å². The van der Waals surface area contributed by atoms with E-state index in [0.717, 1.165) is 17.0 Å². The minimum absolute atomic E-state index is 0.118. The summed E-state index contributed by atoms with van der Waals surface area (Å²) in [4.78, 5) is 30.6. The van der Waals surface area contributed by atoms with Crippen molar-refractivity contribution < 1.29 is 31.9 Å². The molecule has 0 unspecified atom stereocenters. The summed E-state index contributed by atoms with van der Waals surface area (Å²) in [7, 11) is 1.35. The predicted octanol–water partition coefficient (Wildman–Crippen LogP) is 4.05. The summed E-state index contributed by atoms with van der Waals surface area (Å²) in [5.74, 6) is -2.14. The molecule has 0 bridgehead atoms. The van der Waals surface area contributed by atoms with Gasteiger partial charge < -0.3 is 15.0 Å². The third-order valence-corrected chi connectivity index (χ3v) is 6.12. The second-order valence-electron chi connectivity index (χ2n) is 7.65. The van der Waals surface area contributed by atoms with Crippen molar-refractivity contribution in [3.63, 3.8) is 0 Å². The molecule has 2 heterocycles. The lowest BCUT2D eigenvalue weighted by Crippen LogP contribution is -2.50. The molecule has 34 heavy (non-hydrogen) atoms. The minimum Gasteiger partial charge on any atom is -0.378 e. The van der Waals surface area contributed by atoms with Crippen LogP contribution >= 0.6 is 12.2 Å². The molecule has 2 fully saturated rings. The van der Waals surface area contributed by atoms with E-state index in [1.165, 1.54) is 30.1 Å². The molecule has 4 rings (SSSR count).